The zero-order valence-electron chi connectivity index (χ0n) is 14.5. The molecule has 2 N–H and O–H groups in total. The number of hydroxylamine groups is 1. The van der Waals surface area contributed by atoms with Gasteiger partial charge in [0, 0.05) is 16.8 Å². The molecule has 0 radical (unpaired) electrons. The van der Waals surface area contributed by atoms with E-state index in [-0.39, 0.29) is 27.1 Å². The molecule has 1 atom stereocenters. The van der Waals surface area contributed by atoms with E-state index in [1.807, 2.05) is 0 Å². The van der Waals surface area contributed by atoms with Gasteiger partial charge in [-0.3, -0.25) is 14.6 Å². The number of nitrogen functional groups attached to an aromatic ring is 1. The summed E-state index contributed by atoms with van der Waals surface area (Å²) in [5.41, 5.74) is 6.02. The molecule has 10 heteroatoms. The van der Waals surface area contributed by atoms with E-state index in [9.17, 15) is 9.18 Å². The largest absolute Gasteiger partial charge is 0.382 e. The van der Waals surface area contributed by atoms with Crippen LogP contribution in [0.3, 0.4) is 0 Å². The Balaban J connectivity index is 1.98. The third kappa shape index (κ3) is 4.19. The molecular weight excluding hydrogens is 408 g/mol. The van der Waals surface area contributed by atoms with E-state index >= 15 is 0 Å². The van der Waals surface area contributed by atoms with Gasteiger partial charge in [-0.05, 0) is 43.3 Å². The van der Waals surface area contributed by atoms with Crippen LogP contribution in [0, 0.1) is 5.82 Å². The van der Waals surface area contributed by atoms with Gasteiger partial charge in [0.05, 0.1) is 16.9 Å². The van der Waals surface area contributed by atoms with Crippen molar-refractivity contribution in [1.82, 2.24) is 15.2 Å². The summed E-state index contributed by atoms with van der Waals surface area (Å²) in [6, 6.07) is 8.59. The number of anilines is 2. The van der Waals surface area contributed by atoms with Crippen LogP contribution in [0.15, 0.2) is 48.8 Å². The molecule has 0 aliphatic rings. The van der Waals surface area contributed by atoms with Crippen LogP contribution in [-0.4, -0.2) is 21.1 Å². The van der Waals surface area contributed by atoms with Crippen molar-refractivity contribution in [3.05, 3.63) is 75.9 Å². The van der Waals surface area contributed by atoms with Crippen LogP contribution < -0.4 is 10.8 Å². The van der Waals surface area contributed by atoms with E-state index in [1.54, 1.807) is 25.3 Å². The average Bonchev–Trinajstić information content (AvgIpc) is 2.70. The van der Waals surface area contributed by atoms with Crippen LogP contribution >= 0.6 is 23.2 Å². The summed E-state index contributed by atoms with van der Waals surface area (Å²) >= 11 is 12.2. The normalized spacial score (nSPS) is 11.9. The van der Waals surface area contributed by atoms with Crippen molar-refractivity contribution in [3.63, 3.8) is 0 Å². The van der Waals surface area contributed by atoms with Gasteiger partial charge in [0.15, 0.2) is 5.69 Å². The Hall–Kier alpha value is -2.81. The second-order valence-corrected chi connectivity index (χ2v) is 6.44. The van der Waals surface area contributed by atoms with Crippen LogP contribution in [0.4, 0.5) is 15.9 Å². The number of hydrogen-bond acceptors (Lipinski definition) is 6. The van der Waals surface area contributed by atoms with Crippen molar-refractivity contribution < 1.29 is 14.0 Å². The predicted octanol–water partition coefficient (Wildman–Crippen LogP) is 4.24. The van der Waals surface area contributed by atoms with Gasteiger partial charge in [0.2, 0.25) is 0 Å². The highest BCUT2D eigenvalue weighted by atomic mass is 35.5. The topological polar surface area (TPSA) is 94.2 Å². The SMILES string of the molecule is CC(ON(C(=O)c1ccc(N)nn1)c1cccnc1)c1c(Cl)ccc(F)c1Cl. The van der Waals surface area contributed by atoms with Gasteiger partial charge in [-0.25, -0.2) is 4.39 Å². The molecule has 0 saturated heterocycles. The lowest BCUT2D eigenvalue weighted by molar-refractivity contribution is 0.0340. The number of hydrogen-bond donors (Lipinski definition) is 1. The zero-order chi connectivity index (χ0) is 20.3. The minimum Gasteiger partial charge on any atom is -0.382 e. The lowest BCUT2D eigenvalue weighted by Crippen LogP contribution is -2.33. The van der Waals surface area contributed by atoms with Crippen molar-refractivity contribution in [2.24, 2.45) is 0 Å². The van der Waals surface area contributed by atoms with Gasteiger partial charge >= 0.3 is 5.91 Å². The van der Waals surface area contributed by atoms with E-state index in [2.05, 4.69) is 15.2 Å². The highest BCUT2D eigenvalue weighted by Crippen LogP contribution is 2.35. The summed E-state index contributed by atoms with van der Waals surface area (Å²) in [7, 11) is 0. The fraction of sp³-hybridized carbons (Fsp3) is 0.111. The molecule has 0 aliphatic carbocycles. The molecule has 2 heterocycles. The molecule has 0 fully saturated rings. The lowest BCUT2D eigenvalue weighted by atomic mass is 10.1. The van der Waals surface area contributed by atoms with Gasteiger partial charge in [0.1, 0.15) is 17.7 Å². The first kappa shape index (κ1) is 19.9. The first-order chi connectivity index (χ1) is 13.4. The standard InChI is InChI=1S/C18H14Cl2FN5O2/c1-10(16-12(19)4-5-13(21)17(16)20)28-26(11-3-2-8-23-9-11)18(27)14-6-7-15(22)25-24-14/h2-10H,1H3,(H2,22,25). The minimum atomic E-state index is -0.874. The first-order valence-corrected chi connectivity index (χ1v) is 8.78. The summed E-state index contributed by atoms with van der Waals surface area (Å²) < 4.78 is 13.9. The molecule has 7 nitrogen and oxygen atoms in total. The summed E-state index contributed by atoms with van der Waals surface area (Å²) in [5, 5.41) is 8.42. The second-order valence-electron chi connectivity index (χ2n) is 5.66. The van der Waals surface area contributed by atoms with Crippen molar-refractivity contribution in [2.45, 2.75) is 13.0 Å². The Morgan fingerprint density at radius 2 is 2.00 bits per heavy atom. The number of aromatic nitrogens is 3. The number of amides is 1. The molecule has 0 bridgehead atoms. The number of pyridine rings is 1. The van der Waals surface area contributed by atoms with Crippen LogP contribution in [0.1, 0.15) is 29.1 Å². The van der Waals surface area contributed by atoms with E-state index in [1.165, 1.54) is 24.4 Å². The quantitative estimate of drug-likeness (QED) is 0.488. The first-order valence-electron chi connectivity index (χ1n) is 8.02. The van der Waals surface area contributed by atoms with Crippen LogP contribution in [0.5, 0.6) is 0 Å². The smallest absolute Gasteiger partial charge is 0.302 e. The van der Waals surface area contributed by atoms with Gasteiger partial charge in [-0.2, -0.15) is 5.06 Å². The number of nitrogens with zero attached hydrogens (tertiary/aromatic N) is 4. The van der Waals surface area contributed by atoms with E-state index in [4.69, 9.17) is 33.8 Å². The maximum Gasteiger partial charge on any atom is 0.302 e. The lowest BCUT2D eigenvalue weighted by Gasteiger charge is -2.26. The molecule has 144 valence electrons. The molecular formula is C18H14Cl2FN5O2. The van der Waals surface area contributed by atoms with Crippen LogP contribution in [-0.2, 0) is 4.84 Å². The van der Waals surface area contributed by atoms with Gasteiger partial charge in [-0.15, -0.1) is 10.2 Å². The molecule has 1 amide bonds. The highest BCUT2D eigenvalue weighted by molar-refractivity contribution is 6.36. The van der Waals surface area contributed by atoms with Crippen LogP contribution in [0.2, 0.25) is 10.0 Å². The number of carbonyl (C=O) groups is 1. The predicted molar refractivity (Wildman–Crippen MR) is 103 cm³/mol. The third-order valence-electron chi connectivity index (χ3n) is 3.72. The van der Waals surface area contributed by atoms with Crippen LogP contribution in [0.25, 0.3) is 0 Å². The molecule has 1 aromatic carbocycles. The van der Waals surface area contributed by atoms with E-state index < -0.39 is 17.8 Å². The van der Waals surface area contributed by atoms with Crippen molar-refractivity contribution in [2.75, 3.05) is 10.8 Å². The zero-order valence-corrected chi connectivity index (χ0v) is 16.0. The fourth-order valence-corrected chi connectivity index (χ4v) is 3.06. The minimum absolute atomic E-state index is 0.0123. The summed E-state index contributed by atoms with van der Waals surface area (Å²) in [5.74, 6) is -1.12. The molecule has 3 rings (SSSR count). The van der Waals surface area contributed by atoms with Gasteiger partial charge < -0.3 is 5.73 Å². The molecule has 2 aromatic heterocycles. The van der Waals surface area contributed by atoms with Crippen molar-refractivity contribution >= 4 is 40.6 Å². The Kier molecular flexibility index (Phi) is 6.03. The van der Waals surface area contributed by atoms with Crippen molar-refractivity contribution in [1.29, 1.82) is 0 Å². The fourth-order valence-electron chi connectivity index (χ4n) is 2.39. The maximum atomic E-state index is 13.9. The Morgan fingerprint density at radius 3 is 2.64 bits per heavy atom. The number of carbonyl (C=O) groups excluding carboxylic acids is 1. The summed E-state index contributed by atoms with van der Waals surface area (Å²) in [6.07, 6.45) is 2.09. The summed E-state index contributed by atoms with van der Waals surface area (Å²) in [4.78, 5) is 22.7. The molecule has 3 aromatic rings. The molecule has 0 spiro atoms. The highest BCUT2D eigenvalue weighted by Gasteiger charge is 2.26. The Labute approximate surface area is 169 Å². The second kappa shape index (κ2) is 8.47. The average molecular weight is 422 g/mol. The van der Waals surface area contributed by atoms with Gasteiger partial charge in [-0.1, -0.05) is 23.2 Å². The maximum absolute atomic E-state index is 13.9. The van der Waals surface area contributed by atoms with Gasteiger partial charge in [0.25, 0.3) is 0 Å². The number of rotatable bonds is 5. The molecule has 1 unspecified atom stereocenters. The monoisotopic (exact) mass is 421 g/mol. The summed E-state index contributed by atoms with van der Waals surface area (Å²) in [6.45, 7) is 1.58. The van der Waals surface area contributed by atoms with E-state index in [0.29, 0.717) is 5.69 Å². The Bertz CT molecular complexity index is 989. The Morgan fingerprint density at radius 1 is 1.21 bits per heavy atom. The molecule has 0 aliphatic heterocycles. The van der Waals surface area contributed by atoms with Crippen molar-refractivity contribution in [3.8, 4) is 0 Å². The molecule has 28 heavy (non-hydrogen) atoms. The number of nitrogens with two attached hydrogens (primary N) is 1. The van der Waals surface area contributed by atoms with E-state index in [0.717, 1.165) is 11.1 Å². The number of benzene rings is 1. The molecule has 0 saturated carbocycles. The third-order valence-corrected chi connectivity index (χ3v) is 4.43. The number of halogens is 3.